The van der Waals surface area contributed by atoms with Crippen molar-refractivity contribution in [1.29, 1.82) is 0 Å². The second-order valence-corrected chi connectivity index (χ2v) is 5.67. The van der Waals surface area contributed by atoms with Gasteiger partial charge in [-0.2, -0.15) is 0 Å². The monoisotopic (exact) mass is 271 g/mol. The highest BCUT2D eigenvalue weighted by Crippen LogP contribution is 2.24. The lowest BCUT2D eigenvalue weighted by Gasteiger charge is -2.10. The van der Waals surface area contributed by atoms with Crippen molar-refractivity contribution in [2.45, 2.75) is 32.1 Å². The van der Waals surface area contributed by atoms with Gasteiger partial charge in [-0.05, 0) is 56.0 Å². The Morgan fingerprint density at radius 1 is 1.12 bits per heavy atom. The van der Waals surface area contributed by atoms with E-state index in [1.54, 1.807) is 0 Å². The van der Waals surface area contributed by atoms with Crippen molar-refractivity contribution in [2.24, 2.45) is 5.92 Å². The van der Waals surface area contributed by atoms with Gasteiger partial charge in [-0.25, -0.2) is 0 Å². The molecule has 1 aliphatic carbocycles. The lowest BCUT2D eigenvalue weighted by atomic mass is 10.1. The number of rotatable bonds is 5. The Hall–Kier alpha value is -0.240. The first-order valence-electron chi connectivity index (χ1n) is 6.40. The van der Waals surface area contributed by atoms with Crippen molar-refractivity contribution in [3.8, 4) is 0 Å². The number of hydrogen-bond acceptors (Lipinski definition) is 1. The second-order valence-electron chi connectivity index (χ2n) is 4.85. The van der Waals surface area contributed by atoms with Gasteiger partial charge in [0.15, 0.2) is 0 Å². The summed E-state index contributed by atoms with van der Waals surface area (Å²) in [5, 5.41) is 4.82. The predicted octanol–water partition coefficient (Wildman–Crippen LogP) is 4.32. The summed E-state index contributed by atoms with van der Waals surface area (Å²) in [5.74, 6) is 0.906. The summed E-state index contributed by atoms with van der Waals surface area (Å²) in [4.78, 5) is 0. The van der Waals surface area contributed by atoms with Crippen LogP contribution in [0.1, 0.15) is 31.2 Å². The fourth-order valence-electron chi connectivity index (χ4n) is 2.45. The Balaban J connectivity index is 1.68. The largest absolute Gasteiger partial charge is 0.316 e. The smallest absolute Gasteiger partial charge is 0.0595 e. The van der Waals surface area contributed by atoms with E-state index in [1.807, 2.05) is 18.2 Å². The number of nitrogens with one attached hydrogen (secondary N) is 1. The normalized spacial score (nSPS) is 16.6. The van der Waals surface area contributed by atoms with Gasteiger partial charge in [0.2, 0.25) is 0 Å². The molecule has 1 N–H and O–H groups in total. The molecule has 1 aliphatic rings. The summed E-state index contributed by atoms with van der Waals surface area (Å²) in [6.07, 6.45) is 6.65. The van der Waals surface area contributed by atoms with Crippen LogP contribution in [-0.2, 0) is 6.42 Å². The number of hydrogen-bond donors (Lipinski definition) is 1. The van der Waals surface area contributed by atoms with Crippen LogP contribution in [0.3, 0.4) is 0 Å². The summed E-state index contributed by atoms with van der Waals surface area (Å²) in [6, 6.07) is 5.88. The molecular weight excluding hydrogens is 253 g/mol. The van der Waals surface area contributed by atoms with Crippen molar-refractivity contribution in [1.82, 2.24) is 5.32 Å². The molecule has 1 nitrogen and oxygen atoms in total. The molecule has 0 atom stereocenters. The maximum atomic E-state index is 5.98. The van der Waals surface area contributed by atoms with E-state index < -0.39 is 0 Å². The predicted molar refractivity (Wildman–Crippen MR) is 75.0 cm³/mol. The zero-order valence-electron chi connectivity index (χ0n) is 10.0. The molecule has 94 valence electrons. The molecule has 1 fully saturated rings. The first-order chi connectivity index (χ1) is 8.25. The lowest BCUT2D eigenvalue weighted by molar-refractivity contribution is 0.492. The van der Waals surface area contributed by atoms with Crippen LogP contribution < -0.4 is 5.32 Å². The Labute approximate surface area is 114 Å². The Kier molecular flexibility index (Phi) is 5.15. The highest BCUT2D eigenvalue weighted by Gasteiger charge is 2.13. The topological polar surface area (TPSA) is 12.0 Å². The lowest BCUT2D eigenvalue weighted by Crippen LogP contribution is -2.23. The summed E-state index contributed by atoms with van der Waals surface area (Å²) < 4.78 is 0. The fraction of sp³-hybridized carbons (Fsp3) is 0.571. The van der Waals surface area contributed by atoms with E-state index >= 15 is 0 Å². The third-order valence-corrected chi connectivity index (χ3v) is 4.22. The van der Waals surface area contributed by atoms with Gasteiger partial charge in [-0.15, -0.1) is 0 Å². The first kappa shape index (κ1) is 13.2. The standard InChI is InChI=1S/C14H19Cl2N/c15-13-6-5-11(9-14(13)16)7-8-17-10-12-3-1-2-4-12/h5-6,9,12,17H,1-4,7-8,10H2. The van der Waals surface area contributed by atoms with Gasteiger partial charge in [0.25, 0.3) is 0 Å². The molecule has 0 aliphatic heterocycles. The van der Waals surface area contributed by atoms with Crippen LogP contribution in [0.4, 0.5) is 0 Å². The number of benzene rings is 1. The average molecular weight is 272 g/mol. The molecule has 0 bridgehead atoms. The molecule has 0 saturated heterocycles. The number of halogens is 2. The van der Waals surface area contributed by atoms with Crippen molar-refractivity contribution >= 4 is 23.2 Å². The van der Waals surface area contributed by atoms with E-state index in [4.69, 9.17) is 23.2 Å². The molecule has 1 saturated carbocycles. The van der Waals surface area contributed by atoms with Crippen LogP contribution >= 0.6 is 23.2 Å². The molecule has 3 heteroatoms. The van der Waals surface area contributed by atoms with Gasteiger partial charge >= 0.3 is 0 Å². The van der Waals surface area contributed by atoms with Gasteiger partial charge in [-0.1, -0.05) is 42.1 Å². The quantitative estimate of drug-likeness (QED) is 0.787. The van der Waals surface area contributed by atoms with Gasteiger partial charge < -0.3 is 5.32 Å². The van der Waals surface area contributed by atoms with E-state index in [2.05, 4.69) is 5.32 Å². The maximum Gasteiger partial charge on any atom is 0.0595 e. The van der Waals surface area contributed by atoms with Gasteiger partial charge in [0.1, 0.15) is 0 Å². The van der Waals surface area contributed by atoms with E-state index in [1.165, 1.54) is 37.8 Å². The summed E-state index contributed by atoms with van der Waals surface area (Å²) in [7, 11) is 0. The molecule has 2 rings (SSSR count). The van der Waals surface area contributed by atoms with E-state index in [0.717, 1.165) is 18.9 Å². The Bertz CT molecular complexity index is 359. The van der Waals surface area contributed by atoms with Gasteiger partial charge in [0, 0.05) is 0 Å². The fourth-order valence-corrected chi connectivity index (χ4v) is 2.77. The minimum Gasteiger partial charge on any atom is -0.316 e. The van der Waals surface area contributed by atoms with Crippen molar-refractivity contribution in [3.63, 3.8) is 0 Å². The average Bonchev–Trinajstić information content (AvgIpc) is 2.82. The third kappa shape index (κ3) is 4.17. The van der Waals surface area contributed by atoms with Crippen LogP contribution in [0, 0.1) is 5.92 Å². The Morgan fingerprint density at radius 3 is 2.59 bits per heavy atom. The SMILES string of the molecule is Clc1ccc(CCNCC2CCCC2)cc1Cl. The van der Waals surface area contributed by atoms with Crippen molar-refractivity contribution in [3.05, 3.63) is 33.8 Å². The second kappa shape index (κ2) is 6.63. The molecule has 0 amide bonds. The van der Waals surface area contributed by atoms with E-state index in [0.29, 0.717) is 10.0 Å². The van der Waals surface area contributed by atoms with Crippen molar-refractivity contribution in [2.75, 3.05) is 13.1 Å². The van der Waals surface area contributed by atoms with Crippen LogP contribution in [0.15, 0.2) is 18.2 Å². The molecule has 0 aromatic heterocycles. The van der Waals surface area contributed by atoms with Crippen LogP contribution in [0.2, 0.25) is 10.0 Å². The summed E-state index contributed by atoms with van der Waals surface area (Å²) in [6.45, 7) is 2.19. The molecular formula is C14H19Cl2N. The third-order valence-electron chi connectivity index (χ3n) is 3.48. The molecule has 0 radical (unpaired) electrons. The van der Waals surface area contributed by atoms with Gasteiger partial charge in [0.05, 0.1) is 10.0 Å². The van der Waals surface area contributed by atoms with Crippen LogP contribution in [-0.4, -0.2) is 13.1 Å². The van der Waals surface area contributed by atoms with E-state index in [9.17, 15) is 0 Å². The van der Waals surface area contributed by atoms with Crippen LogP contribution in [0.5, 0.6) is 0 Å². The Morgan fingerprint density at radius 2 is 1.88 bits per heavy atom. The minimum absolute atomic E-state index is 0.634. The summed E-state index contributed by atoms with van der Waals surface area (Å²) >= 11 is 11.9. The zero-order chi connectivity index (χ0) is 12.1. The van der Waals surface area contributed by atoms with Crippen LogP contribution in [0.25, 0.3) is 0 Å². The maximum absolute atomic E-state index is 5.98. The molecule has 17 heavy (non-hydrogen) atoms. The first-order valence-corrected chi connectivity index (χ1v) is 7.16. The minimum atomic E-state index is 0.634. The molecule has 0 unspecified atom stereocenters. The summed E-state index contributed by atoms with van der Waals surface area (Å²) in [5.41, 5.74) is 1.25. The zero-order valence-corrected chi connectivity index (χ0v) is 11.5. The van der Waals surface area contributed by atoms with Gasteiger partial charge in [-0.3, -0.25) is 0 Å². The molecule has 1 aromatic carbocycles. The highest BCUT2D eigenvalue weighted by atomic mass is 35.5. The highest BCUT2D eigenvalue weighted by molar-refractivity contribution is 6.42. The molecule has 1 aromatic rings. The van der Waals surface area contributed by atoms with E-state index in [-0.39, 0.29) is 0 Å². The van der Waals surface area contributed by atoms with Crippen molar-refractivity contribution < 1.29 is 0 Å². The molecule has 0 heterocycles. The molecule has 0 spiro atoms.